The van der Waals surface area contributed by atoms with Crippen LogP contribution in [0.4, 0.5) is 5.69 Å². The van der Waals surface area contributed by atoms with E-state index >= 15 is 0 Å². The molecule has 1 unspecified atom stereocenters. The topological polar surface area (TPSA) is 55.4 Å². The number of hydrogen-bond acceptors (Lipinski definition) is 4. The van der Waals surface area contributed by atoms with Crippen LogP contribution in [0.2, 0.25) is 0 Å². The van der Waals surface area contributed by atoms with Crippen LogP contribution < -0.4 is 5.32 Å². The molecule has 19 heavy (non-hydrogen) atoms. The van der Waals surface area contributed by atoms with E-state index in [-0.39, 0.29) is 0 Å². The van der Waals surface area contributed by atoms with E-state index in [1.807, 2.05) is 12.1 Å². The van der Waals surface area contributed by atoms with Crippen molar-refractivity contribution < 1.29 is 13.2 Å². The third-order valence-electron chi connectivity index (χ3n) is 3.34. The molecule has 0 saturated carbocycles. The molecule has 1 saturated heterocycles. The Bertz CT molecular complexity index is 490. The fourth-order valence-corrected chi connectivity index (χ4v) is 2.88. The van der Waals surface area contributed by atoms with E-state index in [4.69, 9.17) is 4.74 Å². The van der Waals surface area contributed by atoms with Gasteiger partial charge in [0.15, 0.2) is 9.84 Å². The average Bonchev–Trinajstić information content (AvgIpc) is 2.87. The number of anilines is 1. The predicted molar refractivity (Wildman–Crippen MR) is 76.2 cm³/mol. The minimum Gasteiger partial charge on any atom is -0.385 e. The van der Waals surface area contributed by atoms with Gasteiger partial charge in [-0.2, -0.15) is 0 Å². The molecule has 1 aliphatic rings. The highest BCUT2D eigenvalue weighted by atomic mass is 32.2. The van der Waals surface area contributed by atoms with E-state index in [0.29, 0.717) is 11.0 Å². The Morgan fingerprint density at radius 2 is 2.05 bits per heavy atom. The van der Waals surface area contributed by atoms with Gasteiger partial charge in [-0.1, -0.05) is 0 Å². The van der Waals surface area contributed by atoms with E-state index in [0.717, 1.165) is 31.7 Å². The predicted octanol–water partition coefficient (Wildman–Crippen LogP) is 2.46. The van der Waals surface area contributed by atoms with Crippen LogP contribution in [-0.4, -0.2) is 33.9 Å². The second-order valence-electron chi connectivity index (χ2n) is 5.00. The highest BCUT2D eigenvalue weighted by Gasteiger charge is 2.14. The minimum atomic E-state index is -3.10. The van der Waals surface area contributed by atoms with Crippen molar-refractivity contribution in [3.05, 3.63) is 24.3 Å². The lowest BCUT2D eigenvalue weighted by molar-refractivity contribution is 0.103. The van der Waals surface area contributed by atoms with Crippen molar-refractivity contribution in [1.29, 1.82) is 0 Å². The molecule has 0 aromatic heterocycles. The molecule has 1 N–H and O–H groups in total. The first-order chi connectivity index (χ1) is 9.05. The summed E-state index contributed by atoms with van der Waals surface area (Å²) >= 11 is 0. The summed E-state index contributed by atoms with van der Waals surface area (Å²) in [7, 11) is -3.10. The summed E-state index contributed by atoms with van der Waals surface area (Å²) in [5.74, 6) is 0. The maximum Gasteiger partial charge on any atom is 0.175 e. The van der Waals surface area contributed by atoms with E-state index in [9.17, 15) is 8.42 Å². The van der Waals surface area contributed by atoms with Gasteiger partial charge >= 0.3 is 0 Å². The van der Waals surface area contributed by atoms with Gasteiger partial charge in [-0.25, -0.2) is 8.42 Å². The lowest BCUT2D eigenvalue weighted by Gasteiger charge is -2.10. The Kier molecular flexibility index (Phi) is 4.82. The summed E-state index contributed by atoms with van der Waals surface area (Å²) in [6.07, 6.45) is 6.19. The summed E-state index contributed by atoms with van der Waals surface area (Å²) in [6.45, 7) is 1.79. The zero-order valence-electron chi connectivity index (χ0n) is 11.3. The Morgan fingerprint density at radius 3 is 2.63 bits per heavy atom. The minimum absolute atomic E-state index is 0.359. The molecule has 4 nitrogen and oxygen atoms in total. The van der Waals surface area contributed by atoms with Gasteiger partial charge in [0.05, 0.1) is 11.0 Å². The lowest BCUT2D eigenvalue weighted by Crippen LogP contribution is -2.09. The summed E-state index contributed by atoms with van der Waals surface area (Å²) in [5.41, 5.74) is 0.958. The Labute approximate surface area is 115 Å². The molecule has 0 amide bonds. The molecule has 1 atom stereocenters. The molecule has 1 aliphatic heterocycles. The number of hydrogen-bond donors (Lipinski definition) is 1. The average molecular weight is 283 g/mol. The molecule has 0 aliphatic carbocycles. The van der Waals surface area contributed by atoms with Crippen LogP contribution in [-0.2, 0) is 14.6 Å². The molecule has 2 rings (SSSR count). The van der Waals surface area contributed by atoms with Gasteiger partial charge in [0.25, 0.3) is 0 Å². The third-order valence-corrected chi connectivity index (χ3v) is 4.47. The summed E-state index contributed by atoms with van der Waals surface area (Å²) in [5, 5.41) is 3.30. The van der Waals surface area contributed by atoms with Crippen molar-refractivity contribution in [3.63, 3.8) is 0 Å². The number of benzene rings is 1. The van der Waals surface area contributed by atoms with Crippen LogP contribution >= 0.6 is 0 Å². The van der Waals surface area contributed by atoms with Crippen molar-refractivity contribution in [2.24, 2.45) is 0 Å². The molecule has 1 heterocycles. The van der Waals surface area contributed by atoms with Crippen molar-refractivity contribution in [3.8, 4) is 0 Å². The van der Waals surface area contributed by atoms with Crippen LogP contribution in [0.5, 0.6) is 0 Å². The van der Waals surface area contributed by atoms with Crippen molar-refractivity contribution in [1.82, 2.24) is 0 Å². The fourth-order valence-electron chi connectivity index (χ4n) is 2.25. The molecule has 1 fully saturated rings. The molecule has 1 aromatic rings. The van der Waals surface area contributed by atoms with E-state index in [1.165, 1.54) is 19.1 Å². The molecule has 0 bridgehead atoms. The van der Waals surface area contributed by atoms with Crippen LogP contribution in [0.3, 0.4) is 0 Å². The molecule has 0 spiro atoms. The standard InChI is InChI=1S/C14H21NO3S/c1-19(16,17)14-8-6-12(7-9-14)15-10-2-4-13-5-3-11-18-13/h6-9,13,15H,2-5,10-11H2,1H3. The Hall–Kier alpha value is -1.07. The first kappa shape index (κ1) is 14.3. The number of rotatable bonds is 6. The van der Waals surface area contributed by atoms with Gasteiger partial charge < -0.3 is 10.1 Å². The molecule has 1 aromatic carbocycles. The largest absolute Gasteiger partial charge is 0.385 e. The van der Waals surface area contributed by atoms with Crippen LogP contribution in [0.15, 0.2) is 29.2 Å². The second-order valence-corrected chi connectivity index (χ2v) is 7.02. The SMILES string of the molecule is CS(=O)(=O)c1ccc(NCCCC2CCCO2)cc1. The fraction of sp³-hybridized carbons (Fsp3) is 0.571. The van der Waals surface area contributed by atoms with Crippen LogP contribution in [0.25, 0.3) is 0 Å². The van der Waals surface area contributed by atoms with Crippen molar-refractivity contribution >= 4 is 15.5 Å². The number of ether oxygens (including phenoxy) is 1. The van der Waals surface area contributed by atoms with Gasteiger partial charge in [0, 0.05) is 25.1 Å². The molecular weight excluding hydrogens is 262 g/mol. The van der Waals surface area contributed by atoms with Crippen LogP contribution in [0.1, 0.15) is 25.7 Å². The Morgan fingerprint density at radius 1 is 1.32 bits per heavy atom. The normalized spacial score (nSPS) is 19.5. The highest BCUT2D eigenvalue weighted by molar-refractivity contribution is 7.90. The first-order valence-corrected chi connectivity index (χ1v) is 8.60. The maximum atomic E-state index is 11.3. The van der Waals surface area contributed by atoms with Gasteiger partial charge in [0.1, 0.15) is 0 Å². The first-order valence-electron chi connectivity index (χ1n) is 6.71. The quantitative estimate of drug-likeness (QED) is 0.815. The molecule has 5 heteroatoms. The van der Waals surface area contributed by atoms with Gasteiger partial charge in [-0.15, -0.1) is 0 Å². The molecule has 0 radical (unpaired) electrons. The smallest absolute Gasteiger partial charge is 0.175 e. The molecule has 106 valence electrons. The summed E-state index contributed by atoms with van der Waals surface area (Å²) in [6, 6.07) is 6.89. The van der Waals surface area contributed by atoms with E-state index in [1.54, 1.807) is 12.1 Å². The zero-order chi connectivity index (χ0) is 13.7. The van der Waals surface area contributed by atoms with Gasteiger partial charge in [-0.3, -0.25) is 0 Å². The summed E-state index contributed by atoms with van der Waals surface area (Å²) in [4.78, 5) is 0.359. The van der Waals surface area contributed by atoms with Crippen molar-refractivity contribution in [2.75, 3.05) is 24.7 Å². The third kappa shape index (κ3) is 4.51. The van der Waals surface area contributed by atoms with E-state index in [2.05, 4.69) is 5.32 Å². The van der Waals surface area contributed by atoms with Crippen molar-refractivity contribution in [2.45, 2.75) is 36.7 Å². The van der Waals surface area contributed by atoms with E-state index < -0.39 is 9.84 Å². The molecular formula is C14H21NO3S. The number of nitrogens with one attached hydrogen (secondary N) is 1. The highest BCUT2D eigenvalue weighted by Crippen LogP contribution is 2.17. The monoisotopic (exact) mass is 283 g/mol. The zero-order valence-corrected chi connectivity index (χ0v) is 12.1. The van der Waals surface area contributed by atoms with Gasteiger partial charge in [-0.05, 0) is 49.9 Å². The second kappa shape index (κ2) is 6.39. The number of sulfone groups is 1. The maximum absolute atomic E-state index is 11.3. The Balaban J connectivity index is 1.74. The lowest BCUT2D eigenvalue weighted by atomic mass is 10.1. The summed E-state index contributed by atoms with van der Waals surface area (Å²) < 4.78 is 28.2. The van der Waals surface area contributed by atoms with Gasteiger partial charge in [0.2, 0.25) is 0 Å². The van der Waals surface area contributed by atoms with Crippen LogP contribution in [0, 0.1) is 0 Å².